The molecule has 2 aliphatic rings. The van der Waals surface area contributed by atoms with Gasteiger partial charge in [0.1, 0.15) is 6.04 Å². The Morgan fingerprint density at radius 1 is 1.38 bits per heavy atom. The van der Waals surface area contributed by atoms with Gasteiger partial charge in [-0.15, -0.1) is 0 Å². The number of amides is 2. The van der Waals surface area contributed by atoms with E-state index in [1.807, 2.05) is 11.8 Å². The lowest BCUT2D eigenvalue weighted by molar-refractivity contribution is -0.144. The maximum atomic E-state index is 12.6. The van der Waals surface area contributed by atoms with Gasteiger partial charge in [-0.1, -0.05) is 27.7 Å². The highest BCUT2D eigenvalue weighted by molar-refractivity contribution is 5.88. The molecule has 2 fully saturated rings. The molecule has 0 aromatic heterocycles. The van der Waals surface area contributed by atoms with E-state index in [9.17, 15) is 9.59 Å². The topological polar surface area (TPSA) is 49.4 Å². The fraction of sp³-hybridized carbons (Fsp3) is 0.882. The van der Waals surface area contributed by atoms with Gasteiger partial charge in [0.15, 0.2) is 0 Å². The third-order valence-corrected chi connectivity index (χ3v) is 4.98. The molecule has 120 valence electrons. The average molecular weight is 294 g/mol. The number of carbonyl (C=O) groups excluding carboxylic acids is 2. The molecule has 4 heteroatoms. The van der Waals surface area contributed by atoms with Crippen molar-refractivity contribution in [1.82, 2.24) is 10.2 Å². The Morgan fingerprint density at radius 2 is 2.10 bits per heavy atom. The van der Waals surface area contributed by atoms with Gasteiger partial charge < -0.3 is 10.2 Å². The van der Waals surface area contributed by atoms with Crippen LogP contribution in [0.2, 0.25) is 0 Å². The molecule has 4 nitrogen and oxygen atoms in total. The summed E-state index contributed by atoms with van der Waals surface area (Å²) in [5, 5.41) is 2.86. The molecule has 0 aromatic carbocycles. The number of nitrogens with zero attached hydrogens (tertiary/aromatic N) is 1. The molecule has 21 heavy (non-hydrogen) atoms. The van der Waals surface area contributed by atoms with Crippen LogP contribution < -0.4 is 5.32 Å². The normalized spacial score (nSPS) is 32.7. The van der Waals surface area contributed by atoms with Crippen molar-refractivity contribution in [1.29, 1.82) is 0 Å². The molecule has 0 aromatic rings. The Balaban J connectivity index is 1.98. The molecule has 1 N–H and O–H groups in total. The first-order valence-electron chi connectivity index (χ1n) is 8.39. The standard InChI is InChI=1S/C17H30N2O2/c1-5-14-16(21)18-6-7-19(14)15(20)9-13-8-12(2)10-17(3,4)11-13/h12-14H,5-11H2,1-4H3,(H,18,21). The Labute approximate surface area is 128 Å². The number of hydrogen-bond donors (Lipinski definition) is 1. The third kappa shape index (κ3) is 3.98. The van der Waals surface area contributed by atoms with E-state index >= 15 is 0 Å². The molecule has 0 bridgehead atoms. The number of hydrogen-bond acceptors (Lipinski definition) is 2. The van der Waals surface area contributed by atoms with E-state index in [1.165, 1.54) is 6.42 Å². The number of rotatable bonds is 3. The zero-order valence-electron chi connectivity index (χ0n) is 13.9. The van der Waals surface area contributed by atoms with Gasteiger partial charge in [0.05, 0.1) is 0 Å². The maximum absolute atomic E-state index is 12.6. The lowest BCUT2D eigenvalue weighted by Gasteiger charge is -2.40. The van der Waals surface area contributed by atoms with E-state index in [1.54, 1.807) is 0 Å². The second kappa shape index (κ2) is 6.37. The first-order chi connectivity index (χ1) is 9.82. The van der Waals surface area contributed by atoms with E-state index in [0.29, 0.717) is 43.2 Å². The molecule has 3 atom stereocenters. The first-order valence-corrected chi connectivity index (χ1v) is 8.39. The van der Waals surface area contributed by atoms with Crippen molar-refractivity contribution in [3.05, 3.63) is 0 Å². The van der Waals surface area contributed by atoms with Crippen molar-refractivity contribution >= 4 is 11.8 Å². The summed E-state index contributed by atoms with van der Waals surface area (Å²) in [4.78, 5) is 26.3. The molecule has 1 aliphatic heterocycles. The molecule has 0 spiro atoms. The van der Waals surface area contributed by atoms with Crippen molar-refractivity contribution < 1.29 is 9.59 Å². The Kier molecular flexibility index (Phi) is 4.95. The largest absolute Gasteiger partial charge is 0.353 e. The number of piperazine rings is 1. The van der Waals surface area contributed by atoms with Crippen LogP contribution in [0.3, 0.4) is 0 Å². The van der Waals surface area contributed by atoms with Crippen molar-refractivity contribution in [3.63, 3.8) is 0 Å². The number of nitrogens with one attached hydrogen (secondary N) is 1. The molecule has 1 heterocycles. The zero-order valence-corrected chi connectivity index (χ0v) is 13.9. The SMILES string of the molecule is CCC1C(=O)NCCN1C(=O)CC1CC(C)CC(C)(C)C1. The van der Waals surface area contributed by atoms with Crippen molar-refractivity contribution in [2.45, 2.75) is 65.8 Å². The molecule has 1 saturated carbocycles. The van der Waals surface area contributed by atoms with Crippen LogP contribution in [0.15, 0.2) is 0 Å². The molecular weight excluding hydrogens is 264 g/mol. The zero-order chi connectivity index (χ0) is 15.6. The van der Waals surface area contributed by atoms with Gasteiger partial charge in [-0.05, 0) is 42.9 Å². The Morgan fingerprint density at radius 3 is 2.71 bits per heavy atom. The summed E-state index contributed by atoms with van der Waals surface area (Å²) in [7, 11) is 0. The van der Waals surface area contributed by atoms with Crippen molar-refractivity contribution in [2.75, 3.05) is 13.1 Å². The summed E-state index contributed by atoms with van der Waals surface area (Å²) in [5.41, 5.74) is 0.339. The quantitative estimate of drug-likeness (QED) is 0.869. The molecule has 0 radical (unpaired) electrons. The van der Waals surface area contributed by atoms with E-state index in [0.717, 1.165) is 12.8 Å². The lowest BCUT2D eigenvalue weighted by atomic mass is 9.67. The summed E-state index contributed by atoms with van der Waals surface area (Å²) in [6, 6.07) is -0.264. The second-order valence-corrected chi connectivity index (χ2v) is 7.79. The second-order valence-electron chi connectivity index (χ2n) is 7.79. The van der Waals surface area contributed by atoms with Gasteiger partial charge in [0, 0.05) is 19.5 Å². The highest BCUT2D eigenvalue weighted by Crippen LogP contribution is 2.43. The smallest absolute Gasteiger partial charge is 0.242 e. The maximum Gasteiger partial charge on any atom is 0.242 e. The van der Waals surface area contributed by atoms with Crippen LogP contribution in [0, 0.1) is 17.3 Å². The van der Waals surface area contributed by atoms with Crippen LogP contribution in [0.5, 0.6) is 0 Å². The molecule has 3 unspecified atom stereocenters. The fourth-order valence-electron chi connectivity index (χ4n) is 4.48. The van der Waals surface area contributed by atoms with Crippen LogP contribution in [0.1, 0.15) is 59.8 Å². The highest BCUT2D eigenvalue weighted by Gasteiger charge is 2.36. The summed E-state index contributed by atoms with van der Waals surface area (Å²) in [6.45, 7) is 10.1. The molecule has 1 aliphatic carbocycles. The van der Waals surface area contributed by atoms with Gasteiger partial charge in [0.2, 0.25) is 11.8 Å². The molecule has 2 rings (SSSR count). The van der Waals surface area contributed by atoms with Crippen molar-refractivity contribution in [3.8, 4) is 0 Å². The lowest BCUT2D eigenvalue weighted by Crippen LogP contribution is -2.57. The number of carbonyl (C=O) groups is 2. The minimum absolute atomic E-state index is 0.00874. The van der Waals surface area contributed by atoms with Gasteiger partial charge in [-0.2, -0.15) is 0 Å². The van der Waals surface area contributed by atoms with E-state index in [2.05, 4.69) is 26.1 Å². The van der Waals surface area contributed by atoms with Gasteiger partial charge >= 0.3 is 0 Å². The van der Waals surface area contributed by atoms with Crippen LogP contribution in [-0.4, -0.2) is 35.8 Å². The monoisotopic (exact) mass is 294 g/mol. The van der Waals surface area contributed by atoms with E-state index in [-0.39, 0.29) is 17.9 Å². The van der Waals surface area contributed by atoms with Crippen LogP contribution in [0.25, 0.3) is 0 Å². The predicted octanol–water partition coefficient (Wildman–Crippen LogP) is 2.58. The fourth-order valence-corrected chi connectivity index (χ4v) is 4.48. The van der Waals surface area contributed by atoms with Crippen LogP contribution in [0.4, 0.5) is 0 Å². The predicted molar refractivity (Wildman–Crippen MR) is 83.7 cm³/mol. The summed E-state index contributed by atoms with van der Waals surface area (Å²) >= 11 is 0. The first kappa shape index (κ1) is 16.3. The summed E-state index contributed by atoms with van der Waals surface area (Å²) in [5.74, 6) is 1.35. The average Bonchev–Trinajstić information content (AvgIpc) is 2.35. The Bertz CT molecular complexity index is 406. The molecule has 2 amide bonds. The molecule has 1 saturated heterocycles. The van der Waals surface area contributed by atoms with Crippen LogP contribution in [-0.2, 0) is 9.59 Å². The van der Waals surface area contributed by atoms with Crippen molar-refractivity contribution in [2.24, 2.45) is 17.3 Å². The minimum Gasteiger partial charge on any atom is -0.353 e. The Hall–Kier alpha value is -1.06. The molecular formula is C17H30N2O2. The third-order valence-electron chi connectivity index (χ3n) is 4.98. The van der Waals surface area contributed by atoms with Gasteiger partial charge in [-0.3, -0.25) is 9.59 Å². The highest BCUT2D eigenvalue weighted by atomic mass is 16.2. The van der Waals surface area contributed by atoms with Gasteiger partial charge in [0.25, 0.3) is 0 Å². The van der Waals surface area contributed by atoms with Gasteiger partial charge in [-0.25, -0.2) is 0 Å². The van der Waals surface area contributed by atoms with E-state index in [4.69, 9.17) is 0 Å². The summed E-state index contributed by atoms with van der Waals surface area (Å²) in [6.07, 6.45) is 4.83. The van der Waals surface area contributed by atoms with E-state index < -0.39 is 0 Å². The van der Waals surface area contributed by atoms with Crippen LogP contribution >= 0.6 is 0 Å². The minimum atomic E-state index is -0.264. The summed E-state index contributed by atoms with van der Waals surface area (Å²) < 4.78 is 0.